The minimum atomic E-state index is 0.673. The number of piperidine rings is 1. The highest BCUT2D eigenvalue weighted by Crippen LogP contribution is 2.25. The summed E-state index contributed by atoms with van der Waals surface area (Å²) in [5.41, 5.74) is 5.29. The normalized spacial score (nSPS) is 22.6. The average molecular weight is 354 g/mol. The molecule has 140 valence electrons. The maximum atomic E-state index is 5.53. The van der Waals surface area contributed by atoms with Crippen LogP contribution in [0.15, 0.2) is 30.6 Å². The van der Waals surface area contributed by atoms with Crippen LogP contribution in [-0.2, 0) is 11.3 Å². The SMILES string of the molecule is Cc1cc(C)c(CN2CCC[C@@H](N3CCOCC3)C2)c(-n2cccn2)c1. The van der Waals surface area contributed by atoms with Gasteiger partial charge < -0.3 is 4.74 Å². The largest absolute Gasteiger partial charge is 0.379 e. The van der Waals surface area contributed by atoms with Gasteiger partial charge in [0, 0.05) is 44.6 Å². The molecule has 1 aromatic carbocycles. The Kier molecular flexibility index (Phi) is 5.38. The second kappa shape index (κ2) is 7.91. The maximum Gasteiger partial charge on any atom is 0.0695 e. The smallest absolute Gasteiger partial charge is 0.0695 e. The number of morpholine rings is 1. The molecule has 26 heavy (non-hydrogen) atoms. The van der Waals surface area contributed by atoms with E-state index in [1.54, 1.807) is 0 Å². The summed E-state index contributed by atoms with van der Waals surface area (Å²) in [5.74, 6) is 0. The van der Waals surface area contributed by atoms with Crippen LogP contribution in [0.2, 0.25) is 0 Å². The number of benzene rings is 1. The van der Waals surface area contributed by atoms with Crippen molar-refractivity contribution in [3.63, 3.8) is 0 Å². The predicted octanol–water partition coefficient (Wildman–Crippen LogP) is 2.79. The summed E-state index contributed by atoms with van der Waals surface area (Å²) in [6, 6.07) is 7.23. The molecule has 2 saturated heterocycles. The lowest BCUT2D eigenvalue weighted by Gasteiger charge is -2.41. The monoisotopic (exact) mass is 354 g/mol. The maximum absolute atomic E-state index is 5.53. The van der Waals surface area contributed by atoms with Crippen LogP contribution < -0.4 is 0 Å². The van der Waals surface area contributed by atoms with Gasteiger partial charge in [-0.1, -0.05) is 6.07 Å². The van der Waals surface area contributed by atoms with Gasteiger partial charge in [-0.2, -0.15) is 5.10 Å². The molecule has 4 rings (SSSR count). The quantitative estimate of drug-likeness (QED) is 0.845. The zero-order valence-electron chi connectivity index (χ0n) is 16.0. The number of ether oxygens (including phenoxy) is 1. The Morgan fingerprint density at radius 3 is 2.77 bits per heavy atom. The van der Waals surface area contributed by atoms with Crippen molar-refractivity contribution < 1.29 is 4.74 Å². The minimum Gasteiger partial charge on any atom is -0.379 e. The zero-order valence-corrected chi connectivity index (χ0v) is 16.0. The van der Waals surface area contributed by atoms with Crippen molar-refractivity contribution in [2.75, 3.05) is 39.4 Å². The van der Waals surface area contributed by atoms with E-state index in [-0.39, 0.29) is 0 Å². The number of likely N-dealkylation sites (tertiary alicyclic amines) is 1. The fraction of sp³-hybridized carbons (Fsp3) is 0.571. The van der Waals surface area contributed by atoms with E-state index in [0.29, 0.717) is 6.04 Å². The first kappa shape index (κ1) is 17.7. The third kappa shape index (κ3) is 3.85. The van der Waals surface area contributed by atoms with Gasteiger partial charge in [0.05, 0.1) is 18.9 Å². The van der Waals surface area contributed by atoms with E-state index in [4.69, 9.17) is 4.74 Å². The molecule has 0 saturated carbocycles. The molecule has 2 aliphatic rings. The van der Waals surface area contributed by atoms with Crippen molar-refractivity contribution in [3.05, 3.63) is 47.3 Å². The first-order chi connectivity index (χ1) is 12.7. The molecule has 0 amide bonds. The fourth-order valence-corrected chi connectivity index (χ4v) is 4.44. The zero-order chi connectivity index (χ0) is 17.9. The standard InChI is InChI=1S/C21H30N4O/c1-17-13-18(2)20(21(14-17)25-8-4-6-22-25)16-23-7-3-5-19(15-23)24-9-11-26-12-10-24/h4,6,8,13-14,19H,3,5,7,9-12,15-16H2,1-2H3/t19-/m1/s1. The van der Waals surface area contributed by atoms with Crippen molar-refractivity contribution in [2.45, 2.75) is 39.3 Å². The van der Waals surface area contributed by atoms with Gasteiger partial charge in [-0.3, -0.25) is 9.80 Å². The van der Waals surface area contributed by atoms with E-state index >= 15 is 0 Å². The highest BCUT2D eigenvalue weighted by atomic mass is 16.5. The summed E-state index contributed by atoms with van der Waals surface area (Å²) in [7, 11) is 0. The topological polar surface area (TPSA) is 33.5 Å². The minimum absolute atomic E-state index is 0.673. The summed E-state index contributed by atoms with van der Waals surface area (Å²) >= 11 is 0. The van der Waals surface area contributed by atoms with Gasteiger partial charge in [-0.25, -0.2) is 4.68 Å². The lowest BCUT2D eigenvalue weighted by molar-refractivity contribution is -0.00360. The Bertz CT molecular complexity index is 722. The average Bonchev–Trinajstić information content (AvgIpc) is 3.19. The molecular formula is C21H30N4O. The molecule has 0 unspecified atom stereocenters. The number of rotatable bonds is 4. The van der Waals surface area contributed by atoms with Crippen molar-refractivity contribution in [3.8, 4) is 5.69 Å². The highest BCUT2D eigenvalue weighted by molar-refractivity contribution is 5.48. The van der Waals surface area contributed by atoms with Crippen LogP contribution in [0.1, 0.15) is 29.5 Å². The van der Waals surface area contributed by atoms with Crippen molar-refractivity contribution in [1.29, 1.82) is 0 Å². The Morgan fingerprint density at radius 1 is 1.15 bits per heavy atom. The molecule has 5 nitrogen and oxygen atoms in total. The van der Waals surface area contributed by atoms with Crippen molar-refractivity contribution in [1.82, 2.24) is 19.6 Å². The van der Waals surface area contributed by atoms with Crippen molar-refractivity contribution >= 4 is 0 Å². The van der Waals surface area contributed by atoms with Gasteiger partial charge in [0.15, 0.2) is 0 Å². The fourth-order valence-electron chi connectivity index (χ4n) is 4.44. The third-order valence-electron chi connectivity index (χ3n) is 5.77. The Hall–Kier alpha value is -1.69. The first-order valence-corrected chi connectivity index (χ1v) is 9.85. The number of nitrogens with zero attached hydrogens (tertiary/aromatic N) is 4. The Morgan fingerprint density at radius 2 is 2.00 bits per heavy atom. The van der Waals surface area contributed by atoms with Crippen LogP contribution in [-0.4, -0.2) is 65.0 Å². The van der Waals surface area contributed by atoms with Gasteiger partial charge in [0.25, 0.3) is 0 Å². The molecule has 0 bridgehead atoms. The first-order valence-electron chi connectivity index (χ1n) is 9.85. The molecule has 1 atom stereocenters. The molecule has 1 aromatic heterocycles. The van der Waals surface area contributed by atoms with Gasteiger partial charge in [-0.15, -0.1) is 0 Å². The summed E-state index contributed by atoms with van der Waals surface area (Å²) in [5, 5.41) is 4.49. The third-order valence-corrected chi connectivity index (χ3v) is 5.77. The van der Waals surface area contributed by atoms with E-state index in [9.17, 15) is 0 Å². The number of hydrogen-bond acceptors (Lipinski definition) is 4. The molecule has 2 aliphatic heterocycles. The van der Waals surface area contributed by atoms with E-state index in [0.717, 1.165) is 39.4 Å². The number of hydrogen-bond donors (Lipinski definition) is 0. The molecule has 5 heteroatoms. The summed E-state index contributed by atoms with van der Waals surface area (Å²) in [4.78, 5) is 5.26. The van der Waals surface area contributed by atoms with Crippen LogP contribution >= 0.6 is 0 Å². The molecule has 0 N–H and O–H groups in total. The van der Waals surface area contributed by atoms with E-state index in [2.05, 4.69) is 40.9 Å². The summed E-state index contributed by atoms with van der Waals surface area (Å²) < 4.78 is 7.54. The van der Waals surface area contributed by atoms with Crippen LogP contribution in [0.4, 0.5) is 0 Å². The summed E-state index contributed by atoms with van der Waals surface area (Å²) in [6.07, 6.45) is 6.50. The number of aromatic nitrogens is 2. The van der Waals surface area contributed by atoms with Gasteiger partial charge in [-0.05, 0) is 62.1 Å². The molecular weight excluding hydrogens is 324 g/mol. The van der Waals surface area contributed by atoms with Gasteiger partial charge in [0.2, 0.25) is 0 Å². The van der Waals surface area contributed by atoms with Gasteiger partial charge in [0.1, 0.15) is 0 Å². The van der Waals surface area contributed by atoms with Crippen LogP contribution in [0.5, 0.6) is 0 Å². The molecule has 3 heterocycles. The van der Waals surface area contributed by atoms with E-state index in [1.807, 2.05) is 23.1 Å². The number of aryl methyl sites for hydroxylation is 2. The van der Waals surface area contributed by atoms with Crippen LogP contribution in [0.3, 0.4) is 0 Å². The molecule has 0 aliphatic carbocycles. The lowest BCUT2D eigenvalue weighted by Crippen LogP contribution is -2.51. The summed E-state index contributed by atoms with van der Waals surface area (Å²) in [6.45, 7) is 11.7. The molecule has 0 spiro atoms. The second-order valence-electron chi connectivity index (χ2n) is 7.71. The second-order valence-corrected chi connectivity index (χ2v) is 7.71. The van der Waals surface area contributed by atoms with Crippen molar-refractivity contribution in [2.24, 2.45) is 0 Å². The van der Waals surface area contributed by atoms with Gasteiger partial charge >= 0.3 is 0 Å². The predicted molar refractivity (Wildman–Crippen MR) is 104 cm³/mol. The van der Waals surface area contributed by atoms with E-state index in [1.165, 1.54) is 41.8 Å². The van der Waals surface area contributed by atoms with E-state index < -0.39 is 0 Å². The lowest BCUT2D eigenvalue weighted by atomic mass is 9.99. The Balaban J connectivity index is 1.53. The molecule has 2 fully saturated rings. The highest BCUT2D eigenvalue weighted by Gasteiger charge is 2.27. The molecule has 2 aromatic rings. The molecule has 0 radical (unpaired) electrons. The van der Waals surface area contributed by atoms with Crippen LogP contribution in [0.25, 0.3) is 5.69 Å². The Labute approximate surface area is 156 Å². The van der Waals surface area contributed by atoms with Crippen LogP contribution in [0, 0.1) is 13.8 Å².